The SMILES string of the molecule is CCOC(=O)c1cnn2ccc(N[C@H](C)c3cccc4c3O[C@@H]([C@@H](F)NC(=O)OC(C)(C)C)C4)nc12. The van der Waals surface area contributed by atoms with Crippen LogP contribution in [0.2, 0.25) is 0 Å². The molecule has 2 N–H and O–H groups in total. The van der Waals surface area contributed by atoms with Crippen LogP contribution in [0.3, 0.4) is 0 Å². The molecule has 1 aromatic carbocycles. The molecule has 0 fully saturated rings. The number of hydrogen-bond acceptors (Lipinski definition) is 8. The van der Waals surface area contributed by atoms with Crippen LogP contribution in [0.1, 0.15) is 62.1 Å². The number of esters is 1. The number of carbonyl (C=O) groups excluding carboxylic acids is 2. The molecule has 10 nitrogen and oxygen atoms in total. The maximum absolute atomic E-state index is 14.8. The average Bonchev–Trinajstić information content (AvgIpc) is 3.42. The lowest BCUT2D eigenvalue weighted by atomic mass is 10.0. The van der Waals surface area contributed by atoms with Gasteiger partial charge < -0.3 is 19.5 Å². The standard InChI is InChI=1S/C25H30FN5O5/c1-6-34-23(32)17-13-27-31-11-10-19(29-22(17)31)28-14(2)16-9-7-8-15-12-18(35-20(15)16)21(26)30-24(33)36-25(3,4)5/h7-11,13-14,18,21H,6,12H2,1-5H3,(H,28,29)(H,30,33)/t14-,18-,21+/m1/s1. The van der Waals surface area contributed by atoms with Crippen molar-refractivity contribution in [3.05, 3.63) is 53.3 Å². The highest BCUT2D eigenvalue weighted by Gasteiger charge is 2.34. The molecule has 0 aliphatic carbocycles. The lowest BCUT2D eigenvalue weighted by molar-refractivity contribution is 0.0316. The van der Waals surface area contributed by atoms with E-state index in [1.807, 2.05) is 25.1 Å². The van der Waals surface area contributed by atoms with Gasteiger partial charge in [0.25, 0.3) is 0 Å². The van der Waals surface area contributed by atoms with Gasteiger partial charge >= 0.3 is 12.1 Å². The molecule has 2 aromatic heterocycles. The van der Waals surface area contributed by atoms with Crippen molar-refractivity contribution in [2.24, 2.45) is 0 Å². The Morgan fingerprint density at radius 2 is 2.08 bits per heavy atom. The van der Waals surface area contributed by atoms with Gasteiger partial charge in [0.2, 0.25) is 6.30 Å². The molecule has 1 aliphatic heterocycles. The number of alkyl halides is 1. The Kier molecular flexibility index (Phi) is 7.00. The lowest BCUT2D eigenvalue weighted by Crippen LogP contribution is -2.44. The highest BCUT2D eigenvalue weighted by molar-refractivity contribution is 5.95. The number of fused-ring (bicyclic) bond motifs is 2. The van der Waals surface area contributed by atoms with Gasteiger partial charge in [-0.05, 0) is 46.2 Å². The van der Waals surface area contributed by atoms with Crippen molar-refractivity contribution < 1.29 is 28.2 Å². The molecule has 3 atom stereocenters. The molecule has 1 amide bonds. The van der Waals surface area contributed by atoms with E-state index < -0.39 is 30.1 Å². The van der Waals surface area contributed by atoms with Crippen molar-refractivity contribution in [2.45, 2.75) is 65.1 Å². The minimum Gasteiger partial charge on any atom is -0.484 e. The second-order valence-corrected chi connectivity index (χ2v) is 9.47. The maximum Gasteiger partial charge on any atom is 0.410 e. The molecule has 11 heteroatoms. The Morgan fingerprint density at radius 1 is 1.31 bits per heavy atom. The second kappa shape index (κ2) is 10.00. The van der Waals surface area contributed by atoms with Crippen LogP contribution in [-0.2, 0) is 15.9 Å². The molecule has 1 aliphatic rings. The Labute approximate surface area is 208 Å². The molecular weight excluding hydrogens is 469 g/mol. The van der Waals surface area contributed by atoms with Crippen LogP contribution in [0.5, 0.6) is 5.75 Å². The van der Waals surface area contributed by atoms with E-state index in [-0.39, 0.29) is 18.2 Å². The number of rotatable bonds is 7. The van der Waals surface area contributed by atoms with Crippen molar-refractivity contribution in [3.63, 3.8) is 0 Å². The first-order chi connectivity index (χ1) is 17.1. The number of ether oxygens (including phenoxy) is 3. The molecule has 0 saturated heterocycles. The summed E-state index contributed by atoms with van der Waals surface area (Å²) < 4.78 is 32.5. The van der Waals surface area contributed by atoms with E-state index in [1.165, 1.54) is 10.7 Å². The van der Waals surface area contributed by atoms with Crippen LogP contribution in [0.25, 0.3) is 5.65 Å². The van der Waals surface area contributed by atoms with Crippen LogP contribution < -0.4 is 15.4 Å². The number of halogens is 1. The highest BCUT2D eigenvalue weighted by atomic mass is 19.1. The van der Waals surface area contributed by atoms with Gasteiger partial charge in [-0.3, -0.25) is 5.32 Å². The van der Waals surface area contributed by atoms with Crippen molar-refractivity contribution in [2.75, 3.05) is 11.9 Å². The number of hydrogen-bond donors (Lipinski definition) is 2. The smallest absolute Gasteiger partial charge is 0.410 e. The van der Waals surface area contributed by atoms with Crippen LogP contribution in [0.4, 0.5) is 15.0 Å². The van der Waals surface area contributed by atoms with Crippen molar-refractivity contribution >= 4 is 23.5 Å². The molecule has 192 valence electrons. The lowest BCUT2D eigenvalue weighted by Gasteiger charge is -2.23. The summed E-state index contributed by atoms with van der Waals surface area (Å²) in [5.74, 6) is 0.586. The van der Waals surface area contributed by atoms with Gasteiger partial charge in [0.15, 0.2) is 11.8 Å². The molecule has 0 unspecified atom stereocenters. The topological polar surface area (TPSA) is 116 Å². The minimum absolute atomic E-state index is 0.248. The van der Waals surface area contributed by atoms with Gasteiger partial charge in [0, 0.05) is 18.2 Å². The van der Waals surface area contributed by atoms with E-state index in [2.05, 4.69) is 20.7 Å². The number of alkyl carbamates (subject to hydrolysis) is 1. The molecule has 0 bridgehead atoms. The molecule has 36 heavy (non-hydrogen) atoms. The number of carbonyl (C=O) groups is 2. The zero-order chi connectivity index (χ0) is 26.0. The normalized spacial score (nSPS) is 16.6. The largest absolute Gasteiger partial charge is 0.484 e. The summed E-state index contributed by atoms with van der Waals surface area (Å²) >= 11 is 0. The molecular formula is C25H30FN5O5. The van der Waals surface area contributed by atoms with E-state index in [4.69, 9.17) is 14.2 Å². The fraction of sp³-hybridized carbons (Fsp3) is 0.440. The number of nitrogens with one attached hydrogen (secondary N) is 2. The third-order valence-corrected chi connectivity index (χ3v) is 5.49. The minimum atomic E-state index is -1.74. The van der Waals surface area contributed by atoms with E-state index in [9.17, 15) is 14.0 Å². The fourth-order valence-electron chi connectivity index (χ4n) is 3.94. The number of anilines is 1. The summed E-state index contributed by atoms with van der Waals surface area (Å²) in [7, 11) is 0. The Hall–Kier alpha value is -3.89. The zero-order valence-corrected chi connectivity index (χ0v) is 20.9. The Morgan fingerprint density at radius 3 is 2.81 bits per heavy atom. The van der Waals surface area contributed by atoms with Gasteiger partial charge in [0.1, 0.15) is 22.7 Å². The fourth-order valence-corrected chi connectivity index (χ4v) is 3.94. The Bertz CT molecular complexity index is 1270. The zero-order valence-electron chi connectivity index (χ0n) is 20.9. The summed E-state index contributed by atoms with van der Waals surface area (Å²) in [5, 5.41) is 9.66. The monoisotopic (exact) mass is 499 g/mol. The molecule has 0 radical (unpaired) electrons. The number of para-hydroxylation sites is 1. The Balaban J connectivity index is 1.48. The summed E-state index contributed by atoms with van der Waals surface area (Å²) in [6.45, 7) is 9.03. The van der Waals surface area contributed by atoms with Crippen LogP contribution >= 0.6 is 0 Å². The number of amides is 1. The van der Waals surface area contributed by atoms with Gasteiger partial charge in [-0.15, -0.1) is 0 Å². The predicted octanol–water partition coefficient (Wildman–Crippen LogP) is 4.20. The van der Waals surface area contributed by atoms with Gasteiger partial charge in [-0.25, -0.2) is 23.5 Å². The van der Waals surface area contributed by atoms with Gasteiger partial charge in [-0.2, -0.15) is 5.10 Å². The van der Waals surface area contributed by atoms with Crippen LogP contribution in [0, 0.1) is 0 Å². The quantitative estimate of drug-likeness (QED) is 0.367. The van der Waals surface area contributed by atoms with E-state index in [1.54, 1.807) is 40.0 Å². The van der Waals surface area contributed by atoms with Crippen molar-refractivity contribution in [1.82, 2.24) is 19.9 Å². The summed E-state index contributed by atoms with van der Waals surface area (Å²) in [6, 6.07) is 7.10. The average molecular weight is 500 g/mol. The van der Waals surface area contributed by atoms with E-state index in [0.29, 0.717) is 23.6 Å². The van der Waals surface area contributed by atoms with E-state index in [0.717, 1.165) is 11.1 Å². The summed E-state index contributed by atoms with van der Waals surface area (Å²) in [5.41, 5.74) is 1.55. The molecule has 0 saturated carbocycles. The summed E-state index contributed by atoms with van der Waals surface area (Å²) in [4.78, 5) is 28.7. The second-order valence-electron chi connectivity index (χ2n) is 9.47. The van der Waals surface area contributed by atoms with Crippen LogP contribution in [-0.4, -0.2) is 51.3 Å². The molecule has 0 spiro atoms. The third kappa shape index (κ3) is 5.50. The maximum atomic E-state index is 14.8. The van der Waals surface area contributed by atoms with E-state index >= 15 is 0 Å². The summed E-state index contributed by atoms with van der Waals surface area (Å²) in [6.07, 6.45) is -0.0451. The predicted molar refractivity (Wildman–Crippen MR) is 130 cm³/mol. The van der Waals surface area contributed by atoms with Gasteiger partial charge in [-0.1, -0.05) is 18.2 Å². The molecule has 3 heterocycles. The number of nitrogens with zero attached hydrogens (tertiary/aromatic N) is 3. The first-order valence-corrected chi connectivity index (χ1v) is 11.8. The van der Waals surface area contributed by atoms with Crippen molar-refractivity contribution in [3.8, 4) is 5.75 Å². The highest BCUT2D eigenvalue weighted by Crippen LogP contribution is 2.37. The molecule has 3 aromatic rings. The first-order valence-electron chi connectivity index (χ1n) is 11.8. The van der Waals surface area contributed by atoms with Crippen LogP contribution in [0.15, 0.2) is 36.7 Å². The number of aromatic nitrogens is 3. The number of benzene rings is 1. The van der Waals surface area contributed by atoms with Gasteiger partial charge in [0.05, 0.1) is 18.8 Å². The van der Waals surface area contributed by atoms with Crippen molar-refractivity contribution in [1.29, 1.82) is 0 Å². The molecule has 4 rings (SSSR count). The first kappa shape index (κ1) is 25.2. The third-order valence-electron chi connectivity index (χ3n) is 5.49.